The van der Waals surface area contributed by atoms with Gasteiger partial charge in [0.05, 0.1) is 21.9 Å². The Kier molecular flexibility index (Phi) is 4.22. The Bertz CT molecular complexity index is 601. The van der Waals surface area contributed by atoms with Crippen LogP contribution < -0.4 is 0 Å². The molecule has 1 amide bonds. The third kappa shape index (κ3) is 3.01. The van der Waals surface area contributed by atoms with Crippen LogP contribution in [0.1, 0.15) is 19.4 Å². The van der Waals surface area contributed by atoms with E-state index in [2.05, 4.69) is 0 Å². The van der Waals surface area contributed by atoms with E-state index in [0.717, 1.165) is 5.56 Å². The number of hydrogen-bond acceptors (Lipinski definition) is 2. The number of benzene rings is 1. The highest BCUT2D eigenvalue weighted by molar-refractivity contribution is 6.42. The van der Waals surface area contributed by atoms with Gasteiger partial charge in [-0.3, -0.25) is 9.59 Å². The first-order valence-electron chi connectivity index (χ1n) is 6.58. The van der Waals surface area contributed by atoms with Crippen molar-refractivity contribution in [3.05, 3.63) is 33.8 Å². The lowest BCUT2D eigenvalue weighted by Gasteiger charge is -2.18. The molecular formula is C15H17Cl2NO3. The lowest BCUT2D eigenvalue weighted by Crippen LogP contribution is -2.29. The van der Waals surface area contributed by atoms with Crippen molar-refractivity contribution >= 4 is 35.1 Å². The third-order valence-corrected chi connectivity index (χ3v) is 4.88. The summed E-state index contributed by atoms with van der Waals surface area (Å²) >= 11 is 11.8. The summed E-state index contributed by atoms with van der Waals surface area (Å²) in [4.78, 5) is 25.1. The molecule has 4 nitrogen and oxygen atoms in total. The molecule has 1 aromatic rings. The van der Waals surface area contributed by atoms with E-state index in [1.165, 1.54) is 4.90 Å². The summed E-state index contributed by atoms with van der Waals surface area (Å²) in [5.41, 5.74) is 0.361. The van der Waals surface area contributed by atoms with Crippen LogP contribution in [-0.4, -0.2) is 28.9 Å². The summed E-state index contributed by atoms with van der Waals surface area (Å²) in [6.07, 6.45) is 0. The number of hydrogen-bond donors (Lipinski definition) is 1. The van der Waals surface area contributed by atoms with Crippen LogP contribution in [0.4, 0.5) is 0 Å². The average Bonchev–Trinajstić information content (AvgIpc) is 2.96. The minimum absolute atomic E-state index is 0.154. The van der Waals surface area contributed by atoms with Gasteiger partial charge in [0.25, 0.3) is 0 Å². The number of carboxylic acid groups (broad SMARTS) is 1. The maximum absolute atomic E-state index is 12.4. The molecule has 0 bridgehead atoms. The smallest absolute Gasteiger partial charge is 0.307 e. The quantitative estimate of drug-likeness (QED) is 0.921. The van der Waals surface area contributed by atoms with Gasteiger partial charge in [0.2, 0.25) is 5.91 Å². The number of carbonyl (C=O) groups excluding carboxylic acids is 1. The minimum Gasteiger partial charge on any atom is -0.481 e. The second-order valence-electron chi connectivity index (χ2n) is 6.06. The maximum atomic E-state index is 12.4. The topological polar surface area (TPSA) is 57.6 Å². The van der Waals surface area contributed by atoms with Crippen LogP contribution in [-0.2, 0) is 16.1 Å². The molecule has 1 saturated carbocycles. The normalized spacial score (nSPS) is 22.7. The SMILES string of the molecule is CN(Cc1ccc(Cl)c(Cl)c1)C(=O)[C@H]1[C@@H](C(=O)O)C1(C)C. The number of nitrogens with zero attached hydrogens (tertiary/aromatic N) is 1. The maximum Gasteiger partial charge on any atom is 0.307 e. The van der Waals surface area contributed by atoms with Crippen molar-refractivity contribution < 1.29 is 14.7 Å². The van der Waals surface area contributed by atoms with E-state index in [0.29, 0.717) is 16.6 Å². The monoisotopic (exact) mass is 329 g/mol. The van der Waals surface area contributed by atoms with Gasteiger partial charge in [-0.1, -0.05) is 43.1 Å². The molecule has 1 fully saturated rings. The van der Waals surface area contributed by atoms with Gasteiger partial charge in [0.1, 0.15) is 0 Å². The molecule has 0 spiro atoms. The zero-order valence-corrected chi connectivity index (χ0v) is 13.6. The molecule has 6 heteroatoms. The molecule has 0 radical (unpaired) electrons. The number of rotatable bonds is 4. The van der Waals surface area contributed by atoms with Crippen molar-refractivity contribution in [2.24, 2.45) is 17.3 Å². The van der Waals surface area contributed by atoms with Crippen LogP contribution in [0.15, 0.2) is 18.2 Å². The molecule has 1 N–H and O–H groups in total. The van der Waals surface area contributed by atoms with Gasteiger partial charge in [0, 0.05) is 13.6 Å². The average molecular weight is 330 g/mol. The van der Waals surface area contributed by atoms with Crippen molar-refractivity contribution in [3.63, 3.8) is 0 Å². The Morgan fingerprint density at radius 3 is 2.33 bits per heavy atom. The molecule has 0 aliphatic heterocycles. The highest BCUT2D eigenvalue weighted by Crippen LogP contribution is 2.59. The molecule has 0 saturated heterocycles. The van der Waals surface area contributed by atoms with Crippen molar-refractivity contribution in [1.29, 1.82) is 0 Å². The van der Waals surface area contributed by atoms with Gasteiger partial charge >= 0.3 is 5.97 Å². The number of amides is 1. The molecule has 2 atom stereocenters. The van der Waals surface area contributed by atoms with Crippen LogP contribution in [0.25, 0.3) is 0 Å². The first-order valence-corrected chi connectivity index (χ1v) is 7.33. The zero-order valence-electron chi connectivity index (χ0n) is 12.1. The number of halogens is 2. The molecule has 2 rings (SSSR count). The summed E-state index contributed by atoms with van der Waals surface area (Å²) in [6.45, 7) is 3.98. The van der Waals surface area contributed by atoms with Gasteiger partial charge in [0.15, 0.2) is 0 Å². The van der Waals surface area contributed by atoms with Crippen LogP contribution >= 0.6 is 23.2 Å². The summed E-state index contributed by atoms with van der Waals surface area (Å²) in [6, 6.07) is 5.18. The standard InChI is InChI=1S/C15H17Cl2NO3/c1-15(2)11(12(15)14(20)21)13(19)18(3)7-8-4-5-9(16)10(17)6-8/h4-6,11-12H,7H2,1-3H3,(H,20,21)/t11-,12+/m1/s1. The summed E-state index contributed by atoms with van der Waals surface area (Å²) in [5.74, 6) is -2.15. The number of aliphatic carboxylic acids is 1. The Morgan fingerprint density at radius 1 is 1.24 bits per heavy atom. The van der Waals surface area contributed by atoms with Crippen LogP contribution in [0.5, 0.6) is 0 Å². The van der Waals surface area contributed by atoms with E-state index in [4.69, 9.17) is 28.3 Å². The molecule has 114 valence electrons. The first-order chi connectivity index (χ1) is 9.66. The van der Waals surface area contributed by atoms with Gasteiger partial charge in [-0.05, 0) is 23.1 Å². The molecule has 1 aliphatic carbocycles. The predicted octanol–water partition coefficient (Wildman–Crippen LogP) is 3.31. The van der Waals surface area contributed by atoms with Crippen molar-refractivity contribution in [2.45, 2.75) is 20.4 Å². The number of carboxylic acids is 1. The second kappa shape index (κ2) is 5.50. The number of carbonyl (C=O) groups is 2. The molecular weight excluding hydrogens is 313 g/mol. The van der Waals surface area contributed by atoms with Crippen molar-refractivity contribution in [3.8, 4) is 0 Å². The summed E-state index contributed by atoms with van der Waals surface area (Å²) < 4.78 is 0. The Labute approximate surface area is 133 Å². The molecule has 1 aliphatic rings. The van der Waals surface area contributed by atoms with Crippen LogP contribution in [0.2, 0.25) is 10.0 Å². The fourth-order valence-corrected chi connectivity index (χ4v) is 3.11. The van der Waals surface area contributed by atoms with Crippen molar-refractivity contribution in [2.75, 3.05) is 7.05 Å². The Morgan fingerprint density at radius 2 is 1.86 bits per heavy atom. The molecule has 0 heterocycles. The summed E-state index contributed by atoms with van der Waals surface area (Å²) in [5, 5.41) is 10.0. The van der Waals surface area contributed by atoms with E-state index in [1.807, 2.05) is 0 Å². The van der Waals surface area contributed by atoms with Crippen molar-refractivity contribution in [1.82, 2.24) is 4.90 Å². The van der Waals surface area contributed by atoms with E-state index in [1.54, 1.807) is 39.1 Å². The molecule has 0 aromatic heterocycles. The largest absolute Gasteiger partial charge is 0.481 e. The minimum atomic E-state index is -0.915. The third-order valence-electron chi connectivity index (χ3n) is 4.14. The van der Waals surface area contributed by atoms with E-state index >= 15 is 0 Å². The van der Waals surface area contributed by atoms with Gasteiger partial charge in [-0.15, -0.1) is 0 Å². The van der Waals surface area contributed by atoms with Crippen LogP contribution in [0, 0.1) is 17.3 Å². The highest BCUT2D eigenvalue weighted by Gasteiger charge is 2.66. The van der Waals surface area contributed by atoms with E-state index in [9.17, 15) is 9.59 Å². The van der Waals surface area contributed by atoms with Gasteiger partial charge in [-0.2, -0.15) is 0 Å². The Hall–Kier alpha value is -1.26. The lowest BCUT2D eigenvalue weighted by atomic mass is 10.1. The molecule has 1 aromatic carbocycles. The predicted molar refractivity (Wildman–Crippen MR) is 81.3 cm³/mol. The van der Waals surface area contributed by atoms with E-state index < -0.39 is 23.2 Å². The van der Waals surface area contributed by atoms with Gasteiger partial charge < -0.3 is 10.0 Å². The highest BCUT2D eigenvalue weighted by atomic mass is 35.5. The van der Waals surface area contributed by atoms with Crippen LogP contribution in [0.3, 0.4) is 0 Å². The lowest BCUT2D eigenvalue weighted by molar-refractivity contribution is -0.141. The fraction of sp³-hybridized carbons (Fsp3) is 0.467. The first kappa shape index (κ1) is 16.1. The van der Waals surface area contributed by atoms with E-state index in [-0.39, 0.29) is 5.91 Å². The Balaban J connectivity index is 2.07. The molecule has 21 heavy (non-hydrogen) atoms. The van der Waals surface area contributed by atoms with Gasteiger partial charge in [-0.25, -0.2) is 0 Å². The zero-order chi connectivity index (χ0) is 15.9. The summed E-state index contributed by atoms with van der Waals surface area (Å²) in [7, 11) is 1.66. The fourth-order valence-electron chi connectivity index (χ4n) is 2.79. The second-order valence-corrected chi connectivity index (χ2v) is 6.87. The molecule has 0 unspecified atom stereocenters.